The molecule has 0 atom stereocenters. The number of hydrogen-bond donors (Lipinski definition) is 2. The van der Waals surface area contributed by atoms with E-state index in [2.05, 4.69) is 48.7 Å². The van der Waals surface area contributed by atoms with Crippen molar-refractivity contribution >= 4 is 23.1 Å². The van der Waals surface area contributed by atoms with Gasteiger partial charge in [-0.05, 0) is 24.2 Å². The number of aromatic nitrogens is 1. The minimum atomic E-state index is -0.0602. The van der Waals surface area contributed by atoms with E-state index in [1.807, 2.05) is 24.3 Å². The Morgan fingerprint density at radius 1 is 1.24 bits per heavy atom. The maximum atomic E-state index is 5.30. The largest absolute Gasteiger partial charge is 0.362 e. The van der Waals surface area contributed by atoms with Crippen LogP contribution in [0.4, 0.5) is 5.82 Å². The summed E-state index contributed by atoms with van der Waals surface area (Å²) in [5.74, 6) is 1.47. The molecule has 0 aliphatic heterocycles. The molecule has 0 radical (unpaired) electrons. The van der Waals surface area contributed by atoms with Crippen LogP contribution < -0.4 is 10.6 Å². The molecule has 0 saturated carbocycles. The molecule has 0 saturated heterocycles. The average Bonchev–Trinajstić information content (AvgIpc) is 2.88. The third-order valence-electron chi connectivity index (χ3n) is 3.03. The van der Waals surface area contributed by atoms with Gasteiger partial charge in [0.2, 0.25) is 0 Å². The van der Waals surface area contributed by atoms with Crippen LogP contribution in [0.25, 0.3) is 0 Å². The Bertz CT molecular complexity index is 587. The van der Waals surface area contributed by atoms with Crippen molar-refractivity contribution in [1.29, 1.82) is 0 Å². The second kappa shape index (κ2) is 6.72. The van der Waals surface area contributed by atoms with Gasteiger partial charge in [0.1, 0.15) is 5.76 Å². The van der Waals surface area contributed by atoms with Gasteiger partial charge in [-0.25, -0.2) is 0 Å². The number of nitrogens with zero attached hydrogens (tertiary/aromatic N) is 1. The van der Waals surface area contributed by atoms with Gasteiger partial charge in [-0.15, -0.1) is 0 Å². The standard InChI is InChI=1S/C16H21N3OS/c1-16(2,3)13-11-14(19-20-13)18-15(21)17-10-9-12-7-5-4-6-8-12/h4-8,11H,9-10H2,1-3H3,(H2,17,18,19,21). The number of rotatable bonds is 4. The molecule has 0 bridgehead atoms. The van der Waals surface area contributed by atoms with Crippen molar-refractivity contribution in [3.05, 3.63) is 47.7 Å². The number of anilines is 1. The average molecular weight is 303 g/mol. The van der Waals surface area contributed by atoms with Gasteiger partial charge in [-0.3, -0.25) is 0 Å². The Balaban J connectivity index is 1.78. The van der Waals surface area contributed by atoms with Crippen LogP contribution in [0.15, 0.2) is 40.9 Å². The fraction of sp³-hybridized carbons (Fsp3) is 0.375. The monoisotopic (exact) mass is 303 g/mol. The predicted molar refractivity (Wildman–Crippen MR) is 89.6 cm³/mol. The molecule has 1 aromatic heterocycles. The van der Waals surface area contributed by atoms with Crippen molar-refractivity contribution in [3.8, 4) is 0 Å². The minimum absolute atomic E-state index is 0.0602. The third-order valence-corrected chi connectivity index (χ3v) is 3.28. The summed E-state index contributed by atoms with van der Waals surface area (Å²) in [6, 6.07) is 12.2. The van der Waals surface area contributed by atoms with Crippen LogP contribution in [-0.4, -0.2) is 16.8 Å². The minimum Gasteiger partial charge on any atom is -0.362 e. The lowest BCUT2D eigenvalue weighted by Crippen LogP contribution is -2.30. The van der Waals surface area contributed by atoms with E-state index in [0.29, 0.717) is 10.9 Å². The lowest BCUT2D eigenvalue weighted by molar-refractivity contribution is 0.331. The number of hydrogen-bond acceptors (Lipinski definition) is 3. The first-order valence-corrected chi connectivity index (χ1v) is 7.42. The highest BCUT2D eigenvalue weighted by Crippen LogP contribution is 2.24. The summed E-state index contributed by atoms with van der Waals surface area (Å²) in [4.78, 5) is 0. The van der Waals surface area contributed by atoms with Crippen molar-refractivity contribution in [2.75, 3.05) is 11.9 Å². The quantitative estimate of drug-likeness (QED) is 0.847. The zero-order valence-corrected chi connectivity index (χ0v) is 13.5. The maximum absolute atomic E-state index is 5.30. The van der Waals surface area contributed by atoms with Crippen LogP contribution in [0.1, 0.15) is 32.1 Å². The van der Waals surface area contributed by atoms with Crippen LogP contribution >= 0.6 is 12.2 Å². The lowest BCUT2D eigenvalue weighted by atomic mass is 9.93. The Morgan fingerprint density at radius 3 is 2.57 bits per heavy atom. The summed E-state index contributed by atoms with van der Waals surface area (Å²) in [5, 5.41) is 10.7. The molecule has 0 aliphatic carbocycles. The van der Waals surface area contributed by atoms with Gasteiger partial charge in [0.25, 0.3) is 0 Å². The Kier molecular flexibility index (Phi) is 4.96. The van der Waals surface area contributed by atoms with E-state index in [1.165, 1.54) is 5.56 Å². The highest BCUT2D eigenvalue weighted by atomic mass is 32.1. The number of thiocarbonyl (C=S) groups is 1. The van der Waals surface area contributed by atoms with E-state index >= 15 is 0 Å². The zero-order chi connectivity index (χ0) is 15.3. The molecule has 4 nitrogen and oxygen atoms in total. The fourth-order valence-corrected chi connectivity index (χ4v) is 2.02. The molecule has 0 aliphatic rings. The van der Waals surface area contributed by atoms with Crippen molar-refractivity contribution < 1.29 is 4.52 Å². The second-order valence-corrected chi connectivity index (χ2v) is 6.35. The molecule has 1 aromatic carbocycles. The lowest BCUT2D eigenvalue weighted by Gasteiger charge is -2.12. The summed E-state index contributed by atoms with van der Waals surface area (Å²) in [7, 11) is 0. The van der Waals surface area contributed by atoms with Gasteiger partial charge >= 0.3 is 0 Å². The Hall–Kier alpha value is -1.88. The molecular weight excluding hydrogens is 282 g/mol. The first kappa shape index (κ1) is 15.5. The number of nitrogens with one attached hydrogen (secondary N) is 2. The predicted octanol–water partition coefficient (Wildman–Crippen LogP) is 3.50. The summed E-state index contributed by atoms with van der Waals surface area (Å²) in [6.45, 7) is 7.01. The molecule has 0 unspecified atom stereocenters. The fourth-order valence-electron chi connectivity index (χ4n) is 1.81. The van der Waals surface area contributed by atoms with Gasteiger partial charge in [0.15, 0.2) is 10.9 Å². The smallest absolute Gasteiger partial charge is 0.175 e. The zero-order valence-electron chi connectivity index (χ0n) is 12.6. The summed E-state index contributed by atoms with van der Waals surface area (Å²) in [6.07, 6.45) is 0.925. The Labute approximate surface area is 130 Å². The molecule has 0 fully saturated rings. The van der Waals surface area contributed by atoms with Crippen LogP contribution in [0.5, 0.6) is 0 Å². The normalized spacial score (nSPS) is 11.2. The Morgan fingerprint density at radius 2 is 1.95 bits per heavy atom. The van der Waals surface area contributed by atoms with Gasteiger partial charge < -0.3 is 15.2 Å². The SMILES string of the molecule is CC(C)(C)c1cc(NC(=S)NCCc2ccccc2)no1. The van der Waals surface area contributed by atoms with Crippen LogP contribution in [-0.2, 0) is 11.8 Å². The van der Waals surface area contributed by atoms with Gasteiger partial charge in [-0.2, -0.15) is 0 Å². The molecule has 2 N–H and O–H groups in total. The van der Waals surface area contributed by atoms with Gasteiger partial charge in [0, 0.05) is 18.0 Å². The second-order valence-electron chi connectivity index (χ2n) is 5.94. The summed E-state index contributed by atoms with van der Waals surface area (Å²) >= 11 is 5.25. The number of benzene rings is 1. The molecule has 21 heavy (non-hydrogen) atoms. The molecule has 112 valence electrons. The van der Waals surface area contributed by atoms with Crippen molar-refractivity contribution in [2.45, 2.75) is 32.6 Å². The van der Waals surface area contributed by atoms with E-state index in [-0.39, 0.29) is 5.41 Å². The summed E-state index contributed by atoms with van der Waals surface area (Å²) in [5.41, 5.74) is 1.22. The molecule has 2 aromatic rings. The van der Waals surface area contributed by atoms with Crippen LogP contribution in [0.2, 0.25) is 0 Å². The van der Waals surface area contributed by atoms with Gasteiger partial charge in [-0.1, -0.05) is 56.3 Å². The highest BCUT2D eigenvalue weighted by Gasteiger charge is 2.19. The molecule has 0 spiro atoms. The molecule has 1 heterocycles. The molecule has 2 rings (SSSR count). The third kappa shape index (κ3) is 4.86. The maximum Gasteiger partial charge on any atom is 0.175 e. The topological polar surface area (TPSA) is 50.1 Å². The van der Waals surface area contributed by atoms with E-state index in [9.17, 15) is 0 Å². The van der Waals surface area contributed by atoms with Crippen molar-refractivity contribution in [3.63, 3.8) is 0 Å². The molecule has 5 heteroatoms. The van der Waals surface area contributed by atoms with Gasteiger partial charge in [0.05, 0.1) is 0 Å². The van der Waals surface area contributed by atoms with Crippen molar-refractivity contribution in [2.24, 2.45) is 0 Å². The molecular formula is C16H21N3OS. The van der Waals surface area contributed by atoms with Crippen molar-refractivity contribution in [1.82, 2.24) is 10.5 Å². The van der Waals surface area contributed by atoms with E-state index in [0.717, 1.165) is 18.7 Å². The van der Waals surface area contributed by atoms with E-state index < -0.39 is 0 Å². The first-order valence-electron chi connectivity index (χ1n) is 7.01. The highest BCUT2D eigenvalue weighted by molar-refractivity contribution is 7.80. The first-order chi connectivity index (χ1) is 9.95. The summed E-state index contributed by atoms with van der Waals surface area (Å²) < 4.78 is 5.30. The van der Waals surface area contributed by atoms with Crippen LogP contribution in [0.3, 0.4) is 0 Å². The van der Waals surface area contributed by atoms with Crippen LogP contribution in [0, 0.1) is 0 Å². The van der Waals surface area contributed by atoms with E-state index in [4.69, 9.17) is 16.7 Å². The van der Waals surface area contributed by atoms with E-state index in [1.54, 1.807) is 0 Å². The molecule has 0 amide bonds.